The van der Waals surface area contributed by atoms with Crippen molar-refractivity contribution < 1.29 is 0 Å². The summed E-state index contributed by atoms with van der Waals surface area (Å²) in [6, 6.07) is 0. The molecule has 166 valence electrons. The smallest absolute Gasteiger partial charge is 0.101 e. The van der Waals surface area contributed by atoms with Crippen LogP contribution >= 0.6 is 0 Å². The molecule has 0 N–H and O–H groups in total. The lowest BCUT2D eigenvalue weighted by molar-refractivity contribution is 0.136. The summed E-state index contributed by atoms with van der Waals surface area (Å²) in [4.78, 5) is 5.22. The quantitative estimate of drug-likeness (QED) is 0.192. The zero-order chi connectivity index (χ0) is 20.3. The Morgan fingerprint density at radius 3 is 1.21 bits per heavy atom. The molecule has 0 amide bonds. The molecule has 0 radical (unpaired) electrons. The van der Waals surface area contributed by atoms with Crippen LogP contribution in [0.3, 0.4) is 0 Å². The first kappa shape index (κ1) is 25.4. The van der Waals surface area contributed by atoms with Gasteiger partial charge in [-0.1, -0.05) is 111 Å². The maximum Gasteiger partial charge on any atom is 0.101 e. The van der Waals surface area contributed by atoms with E-state index in [1.807, 2.05) is 0 Å². The summed E-state index contributed by atoms with van der Waals surface area (Å²) in [7, 11) is 0. The number of unbranched alkanes of at least 4 members (excludes halogenated alkanes) is 14. The van der Waals surface area contributed by atoms with Crippen LogP contribution in [0.4, 0.5) is 0 Å². The average molecular weight is 393 g/mol. The molecule has 1 heterocycles. The predicted molar refractivity (Wildman–Crippen MR) is 126 cm³/mol. The van der Waals surface area contributed by atoms with Crippen molar-refractivity contribution in [1.29, 1.82) is 0 Å². The Labute approximate surface area is 178 Å². The minimum Gasteiger partial charge on any atom is -0.356 e. The van der Waals surface area contributed by atoms with Gasteiger partial charge in [0, 0.05) is 25.5 Å². The molecule has 0 atom stereocenters. The molecule has 1 aliphatic heterocycles. The zero-order valence-corrected chi connectivity index (χ0v) is 19.8. The average Bonchev–Trinajstić information content (AvgIpc) is 3.09. The molecule has 0 bridgehead atoms. The number of nitrogens with zero attached hydrogens (tertiary/aromatic N) is 2. The molecule has 0 saturated carbocycles. The van der Waals surface area contributed by atoms with Crippen LogP contribution in [-0.2, 0) is 0 Å². The lowest BCUT2D eigenvalue weighted by atomic mass is 10.0. The molecule has 1 aliphatic rings. The van der Waals surface area contributed by atoms with Crippen LogP contribution < -0.4 is 0 Å². The maximum atomic E-state index is 2.61. The van der Waals surface area contributed by atoms with Gasteiger partial charge >= 0.3 is 0 Å². The summed E-state index contributed by atoms with van der Waals surface area (Å²) >= 11 is 0. The largest absolute Gasteiger partial charge is 0.356 e. The maximum absolute atomic E-state index is 2.61. The summed E-state index contributed by atoms with van der Waals surface area (Å²) in [5.41, 5.74) is 0. The molecule has 0 fully saturated rings. The third-order valence-corrected chi connectivity index (χ3v) is 6.32. The van der Waals surface area contributed by atoms with Gasteiger partial charge in [0.15, 0.2) is 0 Å². The minimum absolute atomic E-state index is 0.644. The standard InChI is InChI=1S/C26H52N2/c1-4-7-10-11-12-13-14-15-16-17-18-19-20-21-26-27(22-8-5-2)24-25-28(26)23-9-6-3/h24-26H,4-23H2,1-3H3. The van der Waals surface area contributed by atoms with Gasteiger partial charge in [0.05, 0.1) is 0 Å². The summed E-state index contributed by atoms with van der Waals surface area (Å²) in [5, 5.41) is 0. The highest BCUT2D eigenvalue weighted by Crippen LogP contribution is 2.23. The molecule has 0 aromatic rings. The summed E-state index contributed by atoms with van der Waals surface area (Å²) in [6.45, 7) is 9.37. The second kappa shape index (κ2) is 18.4. The molecule has 0 aromatic carbocycles. The highest BCUT2D eigenvalue weighted by Gasteiger charge is 2.24. The van der Waals surface area contributed by atoms with Gasteiger partial charge in [-0.2, -0.15) is 0 Å². The molecule has 2 nitrogen and oxygen atoms in total. The third-order valence-electron chi connectivity index (χ3n) is 6.32. The Morgan fingerprint density at radius 2 is 0.821 bits per heavy atom. The molecule has 28 heavy (non-hydrogen) atoms. The number of hydrogen-bond acceptors (Lipinski definition) is 2. The summed E-state index contributed by atoms with van der Waals surface area (Å²) in [5.74, 6) is 0. The number of rotatable bonds is 20. The van der Waals surface area contributed by atoms with Crippen LogP contribution in [0.15, 0.2) is 12.4 Å². The van der Waals surface area contributed by atoms with Gasteiger partial charge in [-0.3, -0.25) is 0 Å². The van der Waals surface area contributed by atoms with Crippen LogP contribution in [0.1, 0.15) is 136 Å². The minimum atomic E-state index is 0.644. The third kappa shape index (κ3) is 12.0. The predicted octanol–water partition coefficient (Wildman–Crippen LogP) is 8.48. The van der Waals surface area contributed by atoms with E-state index < -0.39 is 0 Å². The van der Waals surface area contributed by atoms with Crippen LogP contribution in [0.2, 0.25) is 0 Å². The van der Waals surface area contributed by atoms with Gasteiger partial charge in [-0.05, 0) is 25.7 Å². The van der Waals surface area contributed by atoms with E-state index in [-0.39, 0.29) is 0 Å². The molecule has 0 saturated heterocycles. The summed E-state index contributed by atoms with van der Waals surface area (Å²) < 4.78 is 0. The lowest BCUT2D eigenvalue weighted by Crippen LogP contribution is -2.39. The fourth-order valence-corrected chi connectivity index (χ4v) is 4.37. The number of hydrogen-bond donors (Lipinski definition) is 0. The van der Waals surface area contributed by atoms with Crippen LogP contribution in [0, 0.1) is 0 Å². The van der Waals surface area contributed by atoms with E-state index >= 15 is 0 Å². The van der Waals surface area contributed by atoms with Crippen LogP contribution in [0.25, 0.3) is 0 Å². The van der Waals surface area contributed by atoms with Crippen molar-refractivity contribution in [3.8, 4) is 0 Å². The van der Waals surface area contributed by atoms with E-state index in [2.05, 4.69) is 43.0 Å². The first-order valence-corrected chi connectivity index (χ1v) is 13.0. The first-order valence-electron chi connectivity index (χ1n) is 13.0. The molecule has 0 aromatic heterocycles. The van der Waals surface area contributed by atoms with Gasteiger partial charge in [-0.25, -0.2) is 0 Å². The molecular formula is C26H52N2. The van der Waals surface area contributed by atoms with Crippen molar-refractivity contribution in [3.63, 3.8) is 0 Å². The van der Waals surface area contributed by atoms with Crippen molar-refractivity contribution in [3.05, 3.63) is 12.4 Å². The highest BCUT2D eigenvalue weighted by molar-refractivity contribution is 4.96. The Kier molecular flexibility index (Phi) is 16.7. The molecular weight excluding hydrogens is 340 g/mol. The highest BCUT2D eigenvalue weighted by atomic mass is 15.4. The van der Waals surface area contributed by atoms with Crippen molar-refractivity contribution in [2.45, 2.75) is 143 Å². The Balaban J connectivity index is 2.03. The van der Waals surface area contributed by atoms with Crippen LogP contribution in [0.5, 0.6) is 0 Å². The van der Waals surface area contributed by atoms with E-state index in [1.54, 1.807) is 0 Å². The normalized spacial score (nSPS) is 14.5. The zero-order valence-electron chi connectivity index (χ0n) is 19.8. The van der Waals surface area contributed by atoms with E-state index in [1.165, 1.54) is 129 Å². The SMILES string of the molecule is CCCCCCCCCCCCCCCC1N(CCCC)C=CN1CCCC. The van der Waals surface area contributed by atoms with Crippen molar-refractivity contribution in [2.75, 3.05) is 13.1 Å². The fourth-order valence-electron chi connectivity index (χ4n) is 4.37. The Hall–Kier alpha value is -0.660. The Bertz CT molecular complexity index is 334. The monoisotopic (exact) mass is 392 g/mol. The topological polar surface area (TPSA) is 6.48 Å². The van der Waals surface area contributed by atoms with E-state index in [4.69, 9.17) is 0 Å². The summed E-state index contributed by atoms with van der Waals surface area (Å²) in [6.07, 6.45) is 30.7. The lowest BCUT2D eigenvalue weighted by Gasteiger charge is -2.33. The first-order chi connectivity index (χ1) is 13.8. The molecule has 0 unspecified atom stereocenters. The van der Waals surface area contributed by atoms with Gasteiger partial charge in [-0.15, -0.1) is 0 Å². The van der Waals surface area contributed by atoms with Crippen molar-refractivity contribution in [2.24, 2.45) is 0 Å². The van der Waals surface area contributed by atoms with Gasteiger partial charge in [0.2, 0.25) is 0 Å². The van der Waals surface area contributed by atoms with Gasteiger partial charge < -0.3 is 9.80 Å². The van der Waals surface area contributed by atoms with E-state index in [0.29, 0.717) is 6.17 Å². The van der Waals surface area contributed by atoms with Crippen molar-refractivity contribution >= 4 is 0 Å². The Morgan fingerprint density at radius 1 is 0.464 bits per heavy atom. The fraction of sp³-hybridized carbons (Fsp3) is 0.923. The second-order valence-corrected chi connectivity index (χ2v) is 8.99. The van der Waals surface area contributed by atoms with Crippen LogP contribution in [-0.4, -0.2) is 29.1 Å². The van der Waals surface area contributed by atoms with Gasteiger partial charge in [0.25, 0.3) is 0 Å². The molecule has 0 spiro atoms. The van der Waals surface area contributed by atoms with E-state index in [9.17, 15) is 0 Å². The molecule has 2 heteroatoms. The molecule has 0 aliphatic carbocycles. The van der Waals surface area contributed by atoms with Crippen molar-refractivity contribution in [1.82, 2.24) is 9.80 Å². The van der Waals surface area contributed by atoms with Gasteiger partial charge in [0.1, 0.15) is 6.17 Å². The molecule has 1 rings (SSSR count). The van der Waals surface area contributed by atoms with E-state index in [0.717, 1.165) is 0 Å². The second-order valence-electron chi connectivity index (χ2n) is 8.99.